The van der Waals surface area contributed by atoms with Gasteiger partial charge in [0, 0.05) is 5.41 Å². The van der Waals surface area contributed by atoms with Crippen LogP contribution in [0.25, 0.3) is 0 Å². The normalized spacial score (nSPS) is 24.8. The molecule has 2 aliphatic rings. The first-order valence-electron chi connectivity index (χ1n) is 11.0. The van der Waals surface area contributed by atoms with E-state index in [4.69, 9.17) is 0 Å². The lowest BCUT2D eigenvalue weighted by molar-refractivity contribution is 0.132. The predicted molar refractivity (Wildman–Crippen MR) is 120 cm³/mol. The molecule has 1 saturated carbocycles. The van der Waals surface area contributed by atoms with E-state index < -0.39 is 0 Å². The highest BCUT2D eigenvalue weighted by atomic mass is 14.5. The van der Waals surface area contributed by atoms with Gasteiger partial charge in [0.2, 0.25) is 0 Å². The second-order valence-electron chi connectivity index (χ2n) is 10.1. The summed E-state index contributed by atoms with van der Waals surface area (Å²) in [7, 11) is 0. The molecule has 1 atom stereocenters. The van der Waals surface area contributed by atoms with Crippen LogP contribution in [0.1, 0.15) is 94.5 Å². The van der Waals surface area contributed by atoms with E-state index in [2.05, 4.69) is 74.5 Å². The Hall–Kier alpha value is -1.30. The molecule has 27 heavy (non-hydrogen) atoms. The summed E-state index contributed by atoms with van der Waals surface area (Å²) in [6.07, 6.45) is 9.45. The molecule has 1 aromatic carbocycles. The van der Waals surface area contributed by atoms with Crippen LogP contribution >= 0.6 is 0 Å². The molecular weight excluding hydrogens is 324 g/mol. The van der Waals surface area contributed by atoms with Gasteiger partial charge in [-0.25, -0.2) is 0 Å². The monoisotopic (exact) mass is 364 g/mol. The third kappa shape index (κ3) is 3.04. The second-order valence-corrected chi connectivity index (χ2v) is 10.1. The standard InChI is InChI=1S/C27H40/c1-17-15-24(22(6)21(5)19(17)3)27(13-11-10-12-14-27)25-16-18(2)20(4)23(7)26(25,8)9/h15-16,25H,10-14H2,1-9H3. The Morgan fingerprint density at radius 2 is 1.37 bits per heavy atom. The summed E-state index contributed by atoms with van der Waals surface area (Å²) in [6, 6.07) is 2.56. The van der Waals surface area contributed by atoms with Crippen LogP contribution in [0.3, 0.4) is 0 Å². The fourth-order valence-electron chi connectivity index (χ4n) is 6.11. The average Bonchev–Trinajstić information content (AvgIpc) is 2.65. The Morgan fingerprint density at radius 1 is 0.778 bits per heavy atom. The predicted octanol–water partition coefficient (Wildman–Crippen LogP) is 8.06. The zero-order chi connectivity index (χ0) is 20.1. The maximum Gasteiger partial charge on any atom is 0.00270 e. The molecule has 3 rings (SSSR count). The number of aryl methyl sites for hydroxylation is 1. The van der Waals surface area contributed by atoms with Crippen LogP contribution < -0.4 is 0 Å². The highest BCUT2D eigenvalue weighted by molar-refractivity contribution is 5.50. The van der Waals surface area contributed by atoms with E-state index in [1.807, 2.05) is 0 Å². The van der Waals surface area contributed by atoms with E-state index >= 15 is 0 Å². The van der Waals surface area contributed by atoms with E-state index in [9.17, 15) is 0 Å². The molecule has 0 spiro atoms. The number of allylic oxidation sites excluding steroid dienone is 4. The van der Waals surface area contributed by atoms with Gasteiger partial charge in [0.15, 0.2) is 0 Å². The summed E-state index contributed by atoms with van der Waals surface area (Å²) in [5.41, 5.74) is 12.7. The van der Waals surface area contributed by atoms with Crippen molar-refractivity contribution in [2.75, 3.05) is 0 Å². The minimum Gasteiger partial charge on any atom is -0.0765 e. The summed E-state index contributed by atoms with van der Waals surface area (Å²) in [5, 5.41) is 0. The van der Waals surface area contributed by atoms with Gasteiger partial charge in [-0.1, -0.05) is 56.4 Å². The molecule has 0 aromatic heterocycles. The van der Waals surface area contributed by atoms with Crippen LogP contribution in [-0.2, 0) is 5.41 Å². The van der Waals surface area contributed by atoms with Gasteiger partial charge in [0.05, 0.1) is 0 Å². The smallest absolute Gasteiger partial charge is 0.00270 e. The van der Waals surface area contributed by atoms with Gasteiger partial charge in [-0.15, -0.1) is 0 Å². The van der Waals surface area contributed by atoms with Gasteiger partial charge in [0.25, 0.3) is 0 Å². The summed E-state index contributed by atoms with van der Waals surface area (Å²) in [6.45, 7) is 21.3. The quantitative estimate of drug-likeness (QED) is 0.498. The van der Waals surface area contributed by atoms with Crippen LogP contribution in [0, 0.1) is 39.0 Å². The molecule has 0 aliphatic heterocycles. The Labute approximate surface area is 168 Å². The lowest BCUT2D eigenvalue weighted by Gasteiger charge is -2.53. The molecule has 148 valence electrons. The van der Waals surface area contributed by atoms with Crippen LogP contribution in [0.2, 0.25) is 0 Å². The number of hydrogen-bond donors (Lipinski definition) is 0. The Balaban J connectivity index is 2.28. The molecule has 2 aliphatic carbocycles. The van der Waals surface area contributed by atoms with Crippen LogP contribution in [0.4, 0.5) is 0 Å². The molecule has 0 bridgehead atoms. The van der Waals surface area contributed by atoms with E-state index in [0.29, 0.717) is 5.92 Å². The summed E-state index contributed by atoms with van der Waals surface area (Å²) >= 11 is 0. The lowest BCUT2D eigenvalue weighted by Crippen LogP contribution is -2.46. The van der Waals surface area contributed by atoms with E-state index in [0.717, 1.165) is 0 Å². The average molecular weight is 365 g/mol. The third-order valence-corrected chi connectivity index (χ3v) is 8.67. The number of hydrogen-bond acceptors (Lipinski definition) is 0. The van der Waals surface area contributed by atoms with Gasteiger partial charge in [-0.3, -0.25) is 0 Å². The van der Waals surface area contributed by atoms with Gasteiger partial charge < -0.3 is 0 Å². The van der Waals surface area contributed by atoms with Crippen molar-refractivity contribution in [3.05, 3.63) is 56.7 Å². The molecule has 0 heteroatoms. The van der Waals surface area contributed by atoms with Gasteiger partial charge >= 0.3 is 0 Å². The molecule has 1 fully saturated rings. The molecule has 0 saturated heterocycles. The van der Waals surface area contributed by atoms with Crippen molar-refractivity contribution in [2.45, 2.75) is 99.8 Å². The highest BCUT2D eigenvalue weighted by Gasteiger charge is 2.49. The first-order valence-corrected chi connectivity index (χ1v) is 11.0. The molecule has 0 nitrogen and oxygen atoms in total. The zero-order valence-electron chi connectivity index (χ0n) is 19.3. The zero-order valence-corrected chi connectivity index (χ0v) is 19.3. The van der Waals surface area contributed by atoms with Crippen molar-refractivity contribution in [1.82, 2.24) is 0 Å². The molecule has 0 radical (unpaired) electrons. The SMILES string of the molecule is CC1=CC(C2(c3cc(C)c(C)c(C)c3C)CCCCC2)C(C)(C)C(C)=C1C. The minimum absolute atomic E-state index is 0.208. The number of rotatable bonds is 2. The molecular formula is C27H40. The maximum atomic E-state index is 2.65. The highest BCUT2D eigenvalue weighted by Crippen LogP contribution is 2.57. The summed E-state index contributed by atoms with van der Waals surface area (Å²) in [4.78, 5) is 0. The Bertz CT molecular complexity index is 807. The van der Waals surface area contributed by atoms with Crippen molar-refractivity contribution in [2.24, 2.45) is 11.3 Å². The lowest BCUT2D eigenvalue weighted by atomic mass is 9.51. The van der Waals surface area contributed by atoms with Crippen molar-refractivity contribution in [3.8, 4) is 0 Å². The van der Waals surface area contributed by atoms with Crippen molar-refractivity contribution in [1.29, 1.82) is 0 Å². The number of benzene rings is 1. The topological polar surface area (TPSA) is 0 Å². The van der Waals surface area contributed by atoms with Crippen molar-refractivity contribution < 1.29 is 0 Å². The van der Waals surface area contributed by atoms with Crippen LogP contribution in [-0.4, -0.2) is 0 Å². The van der Waals surface area contributed by atoms with Crippen molar-refractivity contribution >= 4 is 0 Å². The van der Waals surface area contributed by atoms with Crippen LogP contribution in [0.5, 0.6) is 0 Å². The molecule has 0 heterocycles. The molecule has 0 N–H and O–H groups in total. The Kier molecular flexibility index (Phi) is 5.26. The fourth-order valence-corrected chi connectivity index (χ4v) is 6.11. The molecule has 1 unspecified atom stereocenters. The minimum atomic E-state index is 0.208. The van der Waals surface area contributed by atoms with Gasteiger partial charge in [-0.2, -0.15) is 0 Å². The first-order chi connectivity index (χ1) is 12.5. The van der Waals surface area contributed by atoms with Gasteiger partial charge in [0.1, 0.15) is 0 Å². The van der Waals surface area contributed by atoms with Crippen LogP contribution in [0.15, 0.2) is 28.9 Å². The molecule has 0 amide bonds. The van der Waals surface area contributed by atoms with E-state index in [1.54, 1.807) is 16.7 Å². The molecule has 1 aromatic rings. The third-order valence-electron chi connectivity index (χ3n) is 8.67. The summed E-state index contributed by atoms with van der Waals surface area (Å²) < 4.78 is 0. The largest absolute Gasteiger partial charge is 0.0765 e. The van der Waals surface area contributed by atoms with E-state index in [-0.39, 0.29) is 10.8 Å². The maximum absolute atomic E-state index is 2.65. The van der Waals surface area contributed by atoms with E-state index in [1.165, 1.54) is 59.9 Å². The van der Waals surface area contributed by atoms with Gasteiger partial charge in [-0.05, 0) is 106 Å². The summed E-state index contributed by atoms with van der Waals surface area (Å²) in [5.74, 6) is 0.578. The first kappa shape index (κ1) is 20.4. The van der Waals surface area contributed by atoms with Crippen molar-refractivity contribution in [3.63, 3.8) is 0 Å². The second kappa shape index (κ2) is 6.94. The Morgan fingerprint density at radius 3 is 1.96 bits per heavy atom. The fraction of sp³-hybridized carbons (Fsp3) is 0.630.